The normalized spacial score (nSPS) is 11.1. The maximum absolute atomic E-state index is 4.69. The van der Waals surface area contributed by atoms with Gasteiger partial charge in [0.2, 0.25) is 0 Å². The van der Waals surface area contributed by atoms with Gasteiger partial charge < -0.3 is 0 Å². The van der Waals surface area contributed by atoms with Gasteiger partial charge >= 0.3 is 0 Å². The zero-order valence-electron chi connectivity index (χ0n) is 17.5. The molecule has 2 N–H and O–H groups in total. The number of H-pyrrole nitrogens is 2. The van der Waals surface area contributed by atoms with E-state index < -0.39 is 0 Å². The molecule has 0 saturated heterocycles. The highest BCUT2D eigenvalue weighted by molar-refractivity contribution is 7.98. The average Bonchev–Trinajstić information content (AvgIpc) is 3.55. The quantitative estimate of drug-likeness (QED) is 0.303. The number of aromatic amines is 2. The van der Waals surface area contributed by atoms with Crippen LogP contribution in [0.25, 0.3) is 45.6 Å². The van der Waals surface area contributed by atoms with Gasteiger partial charge in [-0.1, -0.05) is 42.5 Å². The molecule has 0 saturated carbocycles. The lowest BCUT2D eigenvalue weighted by Gasteiger charge is -2.00. The van der Waals surface area contributed by atoms with Crippen LogP contribution in [0.15, 0.2) is 82.6 Å². The summed E-state index contributed by atoms with van der Waals surface area (Å²) in [6, 6.07) is 24.5. The van der Waals surface area contributed by atoms with Crippen LogP contribution in [-0.4, -0.2) is 42.9 Å². The van der Waals surface area contributed by atoms with Crippen molar-refractivity contribution >= 4 is 23.5 Å². The summed E-state index contributed by atoms with van der Waals surface area (Å²) in [7, 11) is 0. The number of aromatic nitrogens is 6. The number of benzene rings is 3. The van der Waals surface area contributed by atoms with Crippen molar-refractivity contribution in [3.05, 3.63) is 72.8 Å². The molecule has 2 heterocycles. The molecule has 5 rings (SSSR count). The number of nitrogens with one attached hydrogen (secondary N) is 2. The lowest BCUT2D eigenvalue weighted by atomic mass is 10.1. The Morgan fingerprint density at radius 2 is 1.00 bits per heavy atom. The molecule has 2 aromatic heterocycles. The zero-order chi connectivity index (χ0) is 21.9. The predicted octanol–water partition coefficient (Wildman–Crippen LogP) is 6.03. The summed E-state index contributed by atoms with van der Waals surface area (Å²) in [5.74, 6) is 2.76. The number of hydrogen-bond acceptors (Lipinski definition) is 6. The summed E-state index contributed by atoms with van der Waals surface area (Å²) in [4.78, 5) is 11.8. The molecule has 0 radical (unpaired) electrons. The van der Waals surface area contributed by atoms with E-state index in [-0.39, 0.29) is 0 Å². The fourth-order valence-corrected chi connectivity index (χ4v) is 4.15. The Morgan fingerprint density at radius 3 is 1.41 bits per heavy atom. The molecule has 0 atom stereocenters. The molecule has 5 aromatic rings. The number of hydrogen-bond donors (Lipinski definition) is 2. The first kappa shape index (κ1) is 20.5. The molecule has 0 fully saturated rings. The standard InChI is InChI=1S/C24H20N6S2/c1-31-19-10-6-15(7-11-19)21-25-23(29-27-21)17-4-3-5-18(14-17)24-26-22(28-30-24)16-8-12-20(32-2)13-9-16/h3-14H,1-2H3,(H,25,27,29)(H,26,28,30). The fourth-order valence-electron chi connectivity index (χ4n) is 3.34. The van der Waals surface area contributed by atoms with Gasteiger partial charge in [-0.25, -0.2) is 9.97 Å². The fraction of sp³-hybridized carbons (Fsp3) is 0.0833. The molecule has 0 spiro atoms. The summed E-state index contributed by atoms with van der Waals surface area (Å²) in [5.41, 5.74) is 3.82. The van der Waals surface area contributed by atoms with Gasteiger partial charge in [0.05, 0.1) is 0 Å². The van der Waals surface area contributed by atoms with Gasteiger partial charge in [0.15, 0.2) is 23.3 Å². The minimum atomic E-state index is 0.638. The summed E-state index contributed by atoms with van der Waals surface area (Å²) in [5, 5.41) is 14.9. The SMILES string of the molecule is CSc1ccc(-c2nc(-c3cccc(-c4n[nH]c(-c5ccc(SC)cc5)n4)c3)n[nH]2)cc1. The lowest BCUT2D eigenvalue weighted by molar-refractivity contribution is 1.09. The van der Waals surface area contributed by atoms with Crippen molar-refractivity contribution in [2.45, 2.75) is 9.79 Å². The van der Waals surface area contributed by atoms with Crippen LogP contribution < -0.4 is 0 Å². The monoisotopic (exact) mass is 456 g/mol. The molecule has 6 nitrogen and oxygen atoms in total. The Bertz CT molecular complexity index is 1240. The van der Waals surface area contributed by atoms with Gasteiger partial charge in [-0.3, -0.25) is 10.2 Å². The van der Waals surface area contributed by atoms with E-state index in [0.717, 1.165) is 33.9 Å². The van der Waals surface area contributed by atoms with Crippen LogP contribution in [0.2, 0.25) is 0 Å². The van der Waals surface area contributed by atoms with Crippen LogP contribution >= 0.6 is 23.5 Å². The van der Waals surface area contributed by atoms with Crippen LogP contribution in [0.3, 0.4) is 0 Å². The number of nitrogens with zero attached hydrogens (tertiary/aromatic N) is 4. The van der Waals surface area contributed by atoms with Crippen molar-refractivity contribution in [3.63, 3.8) is 0 Å². The molecule has 0 bridgehead atoms. The van der Waals surface area contributed by atoms with E-state index in [2.05, 4.69) is 67.1 Å². The van der Waals surface area contributed by atoms with E-state index in [1.54, 1.807) is 23.5 Å². The van der Waals surface area contributed by atoms with Crippen molar-refractivity contribution in [3.8, 4) is 45.6 Å². The third kappa shape index (κ3) is 4.19. The van der Waals surface area contributed by atoms with Crippen molar-refractivity contribution in [2.75, 3.05) is 12.5 Å². The maximum atomic E-state index is 4.69. The molecular weight excluding hydrogens is 436 g/mol. The topological polar surface area (TPSA) is 83.1 Å². The highest BCUT2D eigenvalue weighted by Gasteiger charge is 2.12. The molecule has 8 heteroatoms. The van der Waals surface area contributed by atoms with Crippen molar-refractivity contribution in [1.29, 1.82) is 0 Å². The van der Waals surface area contributed by atoms with Gasteiger partial charge in [-0.05, 0) is 42.8 Å². The van der Waals surface area contributed by atoms with Gasteiger partial charge in [0.1, 0.15) is 0 Å². The van der Waals surface area contributed by atoms with Crippen molar-refractivity contribution in [1.82, 2.24) is 30.4 Å². The lowest BCUT2D eigenvalue weighted by Crippen LogP contribution is -1.85. The molecule has 0 amide bonds. The van der Waals surface area contributed by atoms with E-state index in [1.807, 2.05) is 48.5 Å². The maximum Gasteiger partial charge on any atom is 0.181 e. The highest BCUT2D eigenvalue weighted by Crippen LogP contribution is 2.27. The van der Waals surface area contributed by atoms with E-state index in [9.17, 15) is 0 Å². The van der Waals surface area contributed by atoms with E-state index in [4.69, 9.17) is 0 Å². The Morgan fingerprint density at radius 1 is 0.562 bits per heavy atom. The highest BCUT2D eigenvalue weighted by atomic mass is 32.2. The number of thioether (sulfide) groups is 2. The molecule has 0 aliphatic heterocycles. The zero-order valence-corrected chi connectivity index (χ0v) is 19.2. The molecule has 32 heavy (non-hydrogen) atoms. The average molecular weight is 457 g/mol. The molecule has 0 aliphatic rings. The second kappa shape index (κ2) is 9.02. The van der Waals surface area contributed by atoms with Crippen LogP contribution in [0.5, 0.6) is 0 Å². The Hall–Kier alpha value is -3.36. The summed E-state index contributed by atoms with van der Waals surface area (Å²) < 4.78 is 0. The minimum absolute atomic E-state index is 0.638. The third-order valence-corrected chi connectivity index (χ3v) is 6.56. The van der Waals surface area contributed by atoms with Gasteiger partial charge in [-0.2, -0.15) is 10.2 Å². The Balaban J connectivity index is 1.40. The smallest absolute Gasteiger partial charge is 0.181 e. The minimum Gasteiger partial charge on any atom is -0.259 e. The third-order valence-electron chi connectivity index (χ3n) is 5.08. The molecule has 3 aromatic carbocycles. The van der Waals surface area contributed by atoms with Gasteiger partial charge in [-0.15, -0.1) is 23.5 Å². The summed E-state index contributed by atoms with van der Waals surface area (Å²) in [6.07, 6.45) is 4.12. The molecular formula is C24H20N6S2. The predicted molar refractivity (Wildman–Crippen MR) is 132 cm³/mol. The van der Waals surface area contributed by atoms with Crippen LogP contribution in [0, 0.1) is 0 Å². The summed E-state index contributed by atoms with van der Waals surface area (Å²) >= 11 is 3.43. The number of rotatable bonds is 6. The second-order valence-electron chi connectivity index (χ2n) is 7.05. The first-order valence-corrected chi connectivity index (χ1v) is 12.4. The van der Waals surface area contributed by atoms with Crippen LogP contribution in [0.1, 0.15) is 0 Å². The van der Waals surface area contributed by atoms with Crippen LogP contribution in [0.4, 0.5) is 0 Å². The largest absolute Gasteiger partial charge is 0.259 e. The van der Waals surface area contributed by atoms with E-state index in [1.165, 1.54) is 9.79 Å². The van der Waals surface area contributed by atoms with Crippen molar-refractivity contribution < 1.29 is 0 Å². The Labute approximate surface area is 194 Å². The summed E-state index contributed by atoms with van der Waals surface area (Å²) in [6.45, 7) is 0. The van der Waals surface area contributed by atoms with E-state index in [0.29, 0.717) is 11.6 Å². The molecule has 158 valence electrons. The van der Waals surface area contributed by atoms with E-state index >= 15 is 0 Å². The Kier molecular flexibility index (Phi) is 5.79. The van der Waals surface area contributed by atoms with Crippen LogP contribution in [-0.2, 0) is 0 Å². The molecule has 0 aliphatic carbocycles. The van der Waals surface area contributed by atoms with Gasteiger partial charge in [0, 0.05) is 32.0 Å². The first-order valence-electron chi connectivity index (χ1n) is 9.98. The molecule has 0 unspecified atom stereocenters. The first-order chi connectivity index (χ1) is 15.7. The van der Waals surface area contributed by atoms with Crippen molar-refractivity contribution in [2.24, 2.45) is 0 Å². The second-order valence-corrected chi connectivity index (χ2v) is 8.81. The van der Waals surface area contributed by atoms with Gasteiger partial charge in [0.25, 0.3) is 0 Å².